The quantitative estimate of drug-likeness (QED) is 0.358. The van der Waals surface area contributed by atoms with Crippen molar-refractivity contribution in [2.24, 2.45) is 0 Å². The average Bonchev–Trinajstić information content (AvgIpc) is 2.89. The van der Waals surface area contributed by atoms with Crippen LogP contribution in [0.15, 0.2) is 69.6 Å². The van der Waals surface area contributed by atoms with Gasteiger partial charge in [-0.25, -0.2) is 0 Å². The van der Waals surface area contributed by atoms with Crippen LogP contribution in [0.5, 0.6) is 0 Å². The molecule has 0 atom stereocenters. The molecule has 0 saturated heterocycles. The van der Waals surface area contributed by atoms with Crippen LogP contribution in [0, 0.1) is 11.3 Å². The molecule has 1 aromatic heterocycles. The zero-order valence-electron chi connectivity index (χ0n) is 11.9. The Morgan fingerprint density at radius 3 is 2.39 bits per heavy atom. The van der Waals surface area contributed by atoms with E-state index in [0.29, 0.717) is 5.56 Å². The topological polar surface area (TPSA) is 28.7 Å². The van der Waals surface area contributed by atoms with Crippen LogP contribution in [0.2, 0.25) is 0 Å². The molecule has 0 aliphatic rings. The van der Waals surface area contributed by atoms with Crippen molar-refractivity contribution in [3.8, 4) is 11.8 Å². The molecule has 2 nitrogen and oxygen atoms in total. The molecule has 0 bridgehead atoms. The minimum absolute atomic E-state index is 0.667. The summed E-state index contributed by atoms with van der Waals surface area (Å²) in [6.45, 7) is 0. The third-order valence-corrected chi connectivity index (χ3v) is 4.99. The van der Waals surface area contributed by atoms with Gasteiger partial charge in [0.05, 0.1) is 22.7 Å². The number of hydrogen-bond donors (Lipinski definition) is 0. The Labute approximate surface area is 150 Å². The highest BCUT2D eigenvalue weighted by Gasteiger charge is 2.15. The van der Waals surface area contributed by atoms with Gasteiger partial charge in [-0.2, -0.15) is 5.26 Å². The SMILES string of the molecule is N#Cc1ccc2c(c1)c1cc(Br)cc(Br)c1n2-c1ccccc1. The van der Waals surface area contributed by atoms with Crippen LogP contribution in [0.1, 0.15) is 5.56 Å². The first kappa shape index (κ1) is 14.5. The lowest BCUT2D eigenvalue weighted by Gasteiger charge is -2.08. The summed E-state index contributed by atoms with van der Waals surface area (Å²) in [4.78, 5) is 0. The standard InChI is InChI=1S/C19H10Br2N2/c20-13-9-16-15-8-12(11-22)6-7-18(15)23(19(16)17(21)10-13)14-4-2-1-3-5-14/h1-10H. The van der Waals surface area contributed by atoms with E-state index in [0.717, 1.165) is 36.4 Å². The van der Waals surface area contributed by atoms with Crippen molar-refractivity contribution in [1.82, 2.24) is 4.57 Å². The second-order valence-corrected chi connectivity index (χ2v) is 7.07. The molecular formula is C19H10Br2N2. The van der Waals surface area contributed by atoms with Crippen LogP contribution in [-0.4, -0.2) is 4.57 Å². The summed E-state index contributed by atoms with van der Waals surface area (Å²) < 4.78 is 4.24. The van der Waals surface area contributed by atoms with E-state index in [4.69, 9.17) is 0 Å². The predicted octanol–water partition coefficient (Wildman–Crippen LogP) is 6.18. The third kappa shape index (κ3) is 2.28. The molecule has 0 fully saturated rings. The molecule has 0 aliphatic heterocycles. The molecule has 3 aromatic carbocycles. The van der Waals surface area contributed by atoms with Gasteiger partial charge in [0.2, 0.25) is 0 Å². The number of nitriles is 1. The van der Waals surface area contributed by atoms with Gasteiger partial charge in [-0.05, 0) is 58.4 Å². The Kier molecular flexibility index (Phi) is 3.48. The lowest BCUT2D eigenvalue weighted by Crippen LogP contribution is -1.93. The number of rotatable bonds is 1. The van der Waals surface area contributed by atoms with Crippen molar-refractivity contribution < 1.29 is 0 Å². The van der Waals surface area contributed by atoms with Crippen molar-refractivity contribution >= 4 is 53.7 Å². The molecule has 4 rings (SSSR count). The number of fused-ring (bicyclic) bond motifs is 3. The van der Waals surface area contributed by atoms with E-state index in [-0.39, 0.29) is 0 Å². The lowest BCUT2D eigenvalue weighted by atomic mass is 10.1. The first-order chi connectivity index (χ1) is 11.2. The molecule has 1 heterocycles. The number of para-hydroxylation sites is 1. The Hall–Kier alpha value is -2.09. The maximum atomic E-state index is 9.23. The molecule has 0 unspecified atom stereocenters. The molecule has 23 heavy (non-hydrogen) atoms. The third-order valence-electron chi connectivity index (χ3n) is 3.92. The maximum Gasteiger partial charge on any atom is 0.0991 e. The lowest BCUT2D eigenvalue weighted by molar-refractivity contribution is 1.17. The van der Waals surface area contributed by atoms with Crippen LogP contribution < -0.4 is 0 Å². The Morgan fingerprint density at radius 2 is 1.65 bits per heavy atom. The van der Waals surface area contributed by atoms with Gasteiger partial charge in [0.1, 0.15) is 0 Å². The molecule has 4 aromatic rings. The van der Waals surface area contributed by atoms with Gasteiger partial charge in [0.25, 0.3) is 0 Å². The summed E-state index contributed by atoms with van der Waals surface area (Å²) in [6.07, 6.45) is 0. The fraction of sp³-hybridized carbons (Fsp3) is 0. The summed E-state index contributed by atoms with van der Waals surface area (Å²) in [5.74, 6) is 0. The van der Waals surface area contributed by atoms with Gasteiger partial charge >= 0.3 is 0 Å². The van der Waals surface area contributed by atoms with Gasteiger partial charge in [-0.1, -0.05) is 34.1 Å². The highest BCUT2D eigenvalue weighted by molar-refractivity contribution is 9.11. The molecule has 0 spiro atoms. The predicted molar refractivity (Wildman–Crippen MR) is 101 cm³/mol. The van der Waals surface area contributed by atoms with Crippen LogP contribution in [0.4, 0.5) is 0 Å². The van der Waals surface area contributed by atoms with Gasteiger partial charge in [0, 0.05) is 25.4 Å². The highest BCUT2D eigenvalue weighted by atomic mass is 79.9. The first-order valence-electron chi connectivity index (χ1n) is 7.08. The molecule has 0 N–H and O–H groups in total. The van der Waals surface area contributed by atoms with Crippen molar-refractivity contribution in [2.75, 3.05) is 0 Å². The van der Waals surface area contributed by atoms with E-state index in [9.17, 15) is 5.26 Å². The van der Waals surface area contributed by atoms with Gasteiger partial charge in [-0.3, -0.25) is 0 Å². The van der Waals surface area contributed by atoms with Crippen molar-refractivity contribution in [3.05, 3.63) is 75.2 Å². The minimum atomic E-state index is 0.667. The zero-order valence-corrected chi connectivity index (χ0v) is 15.1. The largest absolute Gasteiger partial charge is 0.308 e. The smallest absolute Gasteiger partial charge is 0.0991 e. The zero-order chi connectivity index (χ0) is 16.0. The van der Waals surface area contributed by atoms with E-state index < -0.39 is 0 Å². The molecule has 0 amide bonds. The van der Waals surface area contributed by atoms with Crippen molar-refractivity contribution in [1.29, 1.82) is 5.26 Å². The molecular weight excluding hydrogens is 416 g/mol. The Bertz CT molecular complexity index is 1090. The maximum absolute atomic E-state index is 9.23. The molecule has 4 heteroatoms. The Morgan fingerprint density at radius 1 is 0.870 bits per heavy atom. The normalized spacial score (nSPS) is 11.0. The second kappa shape index (κ2) is 5.52. The summed E-state index contributed by atoms with van der Waals surface area (Å²) in [5.41, 5.74) is 3.95. The number of nitrogens with zero attached hydrogens (tertiary/aromatic N) is 2. The van der Waals surface area contributed by atoms with Gasteiger partial charge in [-0.15, -0.1) is 0 Å². The summed E-state index contributed by atoms with van der Waals surface area (Å²) >= 11 is 7.26. The van der Waals surface area contributed by atoms with E-state index in [1.807, 2.05) is 42.5 Å². The first-order valence-corrected chi connectivity index (χ1v) is 8.66. The fourth-order valence-corrected chi connectivity index (χ4v) is 4.38. The van der Waals surface area contributed by atoms with Crippen LogP contribution in [0.3, 0.4) is 0 Å². The average molecular weight is 426 g/mol. The fourth-order valence-electron chi connectivity index (χ4n) is 2.98. The molecule has 0 saturated carbocycles. The Balaban J connectivity index is 2.26. The highest BCUT2D eigenvalue weighted by Crippen LogP contribution is 2.38. The summed E-state index contributed by atoms with van der Waals surface area (Å²) in [7, 11) is 0. The van der Waals surface area contributed by atoms with E-state index in [2.05, 4.69) is 60.7 Å². The molecule has 110 valence electrons. The van der Waals surface area contributed by atoms with E-state index in [1.54, 1.807) is 0 Å². The van der Waals surface area contributed by atoms with Crippen LogP contribution in [-0.2, 0) is 0 Å². The number of hydrogen-bond acceptors (Lipinski definition) is 1. The van der Waals surface area contributed by atoms with E-state index >= 15 is 0 Å². The van der Waals surface area contributed by atoms with Crippen LogP contribution in [0.25, 0.3) is 27.5 Å². The second-order valence-electron chi connectivity index (χ2n) is 5.30. The van der Waals surface area contributed by atoms with Crippen molar-refractivity contribution in [2.45, 2.75) is 0 Å². The molecule has 0 aliphatic carbocycles. The van der Waals surface area contributed by atoms with Crippen LogP contribution >= 0.6 is 31.9 Å². The molecule has 0 radical (unpaired) electrons. The monoisotopic (exact) mass is 424 g/mol. The van der Waals surface area contributed by atoms with Gasteiger partial charge in [0.15, 0.2) is 0 Å². The van der Waals surface area contributed by atoms with Crippen molar-refractivity contribution in [3.63, 3.8) is 0 Å². The van der Waals surface area contributed by atoms with Gasteiger partial charge < -0.3 is 4.57 Å². The number of aromatic nitrogens is 1. The number of halogens is 2. The minimum Gasteiger partial charge on any atom is -0.308 e. The number of benzene rings is 3. The summed E-state index contributed by atoms with van der Waals surface area (Å²) in [6, 6.07) is 22.5. The van der Waals surface area contributed by atoms with E-state index in [1.165, 1.54) is 0 Å². The summed E-state index contributed by atoms with van der Waals surface area (Å²) in [5, 5.41) is 11.4.